The van der Waals surface area contributed by atoms with Gasteiger partial charge in [-0.1, -0.05) is 23.7 Å². The first-order valence-corrected chi connectivity index (χ1v) is 12.1. The summed E-state index contributed by atoms with van der Waals surface area (Å²) in [5.41, 5.74) is 2.93. The predicted octanol–water partition coefficient (Wildman–Crippen LogP) is 4.32. The second-order valence-electron chi connectivity index (χ2n) is 9.04. The summed E-state index contributed by atoms with van der Waals surface area (Å²) in [5, 5.41) is 3.88. The first-order chi connectivity index (χ1) is 16.4. The smallest absolute Gasteiger partial charge is 0.337 e. The Hall–Kier alpha value is -2.90. The molecule has 7 nitrogen and oxygen atoms in total. The molecule has 3 aromatic rings. The molecule has 1 aliphatic rings. The minimum absolute atomic E-state index is 0.123. The third-order valence-electron chi connectivity index (χ3n) is 6.50. The van der Waals surface area contributed by atoms with Crippen molar-refractivity contribution in [1.29, 1.82) is 0 Å². The number of nitrogens with zero attached hydrogens (tertiary/aromatic N) is 3. The summed E-state index contributed by atoms with van der Waals surface area (Å²) in [7, 11) is 1.35. The number of nitrogens with one attached hydrogen (secondary N) is 1. The number of rotatable bonds is 7. The summed E-state index contributed by atoms with van der Waals surface area (Å²) in [6.07, 6.45) is 2.55. The van der Waals surface area contributed by atoms with E-state index in [0.717, 1.165) is 37.0 Å². The van der Waals surface area contributed by atoms with Crippen LogP contribution in [0.3, 0.4) is 0 Å². The van der Waals surface area contributed by atoms with Crippen molar-refractivity contribution >= 4 is 34.5 Å². The van der Waals surface area contributed by atoms with Crippen LogP contribution in [0.4, 0.5) is 0 Å². The Kier molecular flexibility index (Phi) is 7.54. The number of methoxy groups -OCH3 is 1. The third-order valence-corrected chi connectivity index (χ3v) is 6.76. The number of carbonyl (C=O) groups is 2. The zero-order valence-corrected chi connectivity index (χ0v) is 20.6. The average molecular weight is 483 g/mol. The van der Waals surface area contributed by atoms with Gasteiger partial charge in [0.15, 0.2) is 5.82 Å². The zero-order valence-electron chi connectivity index (χ0n) is 19.9. The van der Waals surface area contributed by atoms with E-state index in [1.165, 1.54) is 7.11 Å². The molecule has 8 heteroatoms. The van der Waals surface area contributed by atoms with Gasteiger partial charge < -0.3 is 19.5 Å². The van der Waals surface area contributed by atoms with Crippen molar-refractivity contribution in [3.05, 3.63) is 64.4 Å². The van der Waals surface area contributed by atoms with Gasteiger partial charge in [-0.2, -0.15) is 0 Å². The van der Waals surface area contributed by atoms with Crippen LogP contribution in [0.1, 0.15) is 53.2 Å². The lowest BCUT2D eigenvalue weighted by Crippen LogP contribution is -2.47. The normalized spacial score (nSPS) is 15.1. The van der Waals surface area contributed by atoms with Crippen LogP contribution >= 0.6 is 11.6 Å². The molecular formula is C26H31ClN4O3. The van der Waals surface area contributed by atoms with Crippen LogP contribution in [-0.4, -0.2) is 58.6 Å². The SMILES string of the molecule is COC(=O)c1ccc2c(c1)nc(C(=O)NC1CCN(C(C)C)CC1)n2CCc1ccc(Cl)cc1. The number of carbonyl (C=O) groups excluding carboxylic acids is 2. The summed E-state index contributed by atoms with van der Waals surface area (Å²) in [4.78, 5) is 32.4. The number of esters is 1. The zero-order chi connectivity index (χ0) is 24.2. The van der Waals surface area contributed by atoms with E-state index in [0.29, 0.717) is 40.9 Å². The molecular weight excluding hydrogens is 452 g/mol. The number of fused-ring (bicyclic) bond motifs is 1. The van der Waals surface area contributed by atoms with Gasteiger partial charge in [-0.25, -0.2) is 9.78 Å². The molecule has 4 rings (SSSR count). The molecule has 2 aromatic carbocycles. The van der Waals surface area contributed by atoms with Crippen LogP contribution < -0.4 is 5.32 Å². The maximum Gasteiger partial charge on any atom is 0.337 e. The maximum absolute atomic E-state index is 13.3. The summed E-state index contributed by atoms with van der Waals surface area (Å²) in [6, 6.07) is 13.5. The highest BCUT2D eigenvalue weighted by Gasteiger charge is 2.25. The number of amides is 1. The van der Waals surface area contributed by atoms with E-state index in [1.807, 2.05) is 34.9 Å². The monoisotopic (exact) mass is 482 g/mol. The minimum atomic E-state index is -0.430. The van der Waals surface area contributed by atoms with Gasteiger partial charge in [0.05, 0.1) is 23.7 Å². The van der Waals surface area contributed by atoms with E-state index in [4.69, 9.17) is 16.3 Å². The lowest BCUT2D eigenvalue weighted by atomic mass is 10.0. The van der Waals surface area contributed by atoms with Gasteiger partial charge in [-0.05, 0) is 69.0 Å². The minimum Gasteiger partial charge on any atom is -0.465 e. The van der Waals surface area contributed by atoms with Crippen LogP contribution in [0.15, 0.2) is 42.5 Å². The molecule has 0 spiro atoms. The molecule has 0 atom stereocenters. The predicted molar refractivity (Wildman–Crippen MR) is 133 cm³/mol. The fourth-order valence-corrected chi connectivity index (χ4v) is 4.60. The Bertz CT molecular complexity index is 1160. The highest BCUT2D eigenvalue weighted by molar-refractivity contribution is 6.30. The number of likely N-dealkylation sites (tertiary alicyclic amines) is 1. The van der Waals surface area contributed by atoms with E-state index in [1.54, 1.807) is 12.1 Å². The highest BCUT2D eigenvalue weighted by Crippen LogP contribution is 2.21. The molecule has 2 heterocycles. The van der Waals surface area contributed by atoms with Gasteiger partial charge in [-0.15, -0.1) is 0 Å². The Morgan fingerprint density at radius 2 is 1.85 bits per heavy atom. The van der Waals surface area contributed by atoms with Crippen LogP contribution in [0, 0.1) is 0 Å². The molecule has 34 heavy (non-hydrogen) atoms. The number of hydrogen-bond acceptors (Lipinski definition) is 5. The van der Waals surface area contributed by atoms with Crippen LogP contribution in [0.25, 0.3) is 11.0 Å². The maximum atomic E-state index is 13.3. The first-order valence-electron chi connectivity index (χ1n) is 11.7. The molecule has 0 saturated carbocycles. The summed E-state index contributed by atoms with van der Waals surface area (Å²) in [6.45, 7) is 6.91. The molecule has 180 valence electrons. The van der Waals surface area contributed by atoms with Gasteiger partial charge in [0.25, 0.3) is 5.91 Å². The Morgan fingerprint density at radius 3 is 2.50 bits per heavy atom. The number of piperidine rings is 1. The summed E-state index contributed by atoms with van der Waals surface area (Å²) < 4.78 is 6.78. The highest BCUT2D eigenvalue weighted by atomic mass is 35.5. The largest absolute Gasteiger partial charge is 0.465 e. The molecule has 1 N–H and O–H groups in total. The lowest BCUT2D eigenvalue weighted by Gasteiger charge is -2.34. The fraction of sp³-hybridized carbons (Fsp3) is 0.423. The summed E-state index contributed by atoms with van der Waals surface area (Å²) >= 11 is 6.02. The number of aromatic nitrogens is 2. The van der Waals surface area contributed by atoms with Crippen molar-refractivity contribution in [2.24, 2.45) is 0 Å². The van der Waals surface area contributed by atoms with Crippen molar-refractivity contribution in [3.8, 4) is 0 Å². The molecule has 0 radical (unpaired) electrons. The van der Waals surface area contributed by atoms with Crippen molar-refractivity contribution in [3.63, 3.8) is 0 Å². The molecule has 1 aromatic heterocycles. The Morgan fingerprint density at radius 1 is 1.15 bits per heavy atom. The van der Waals surface area contributed by atoms with E-state index in [9.17, 15) is 9.59 Å². The van der Waals surface area contributed by atoms with E-state index >= 15 is 0 Å². The summed E-state index contributed by atoms with van der Waals surface area (Å²) in [5.74, 6) is -0.257. The lowest BCUT2D eigenvalue weighted by molar-refractivity contribution is 0.0600. The number of aryl methyl sites for hydroxylation is 2. The van der Waals surface area contributed by atoms with E-state index in [-0.39, 0.29) is 11.9 Å². The molecule has 0 aliphatic carbocycles. The molecule has 1 fully saturated rings. The van der Waals surface area contributed by atoms with Gasteiger partial charge in [0.1, 0.15) is 0 Å². The number of ether oxygens (including phenoxy) is 1. The molecule has 1 amide bonds. The first kappa shape index (κ1) is 24.2. The Balaban J connectivity index is 1.59. The van der Waals surface area contributed by atoms with E-state index in [2.05, 4.69) is 29.0 Å². The topological polar surface area (TPSA) is 76.5 Å². The van der Waals surface area contributed by atoms with Gasteiger partial charge >= 0.3 is 5.97 Å². The van der Waals surface area contributed by atoms with Crippen molar-refractivity contribution < 1.29 is 14.3 Å². The number of benzene rings is 2. The molecule has 0 bridgehead atoms. The quantitative estimate of drug-likeness (QED) is 0.507. The number of halogens is 1. The van der Waals surface area contributed by atoms with E-state index < -0.39 is 5.97 Å². The fourth-order valence-electron chi connectivity index (χ4n) is 4.48. The van der Waals surface area contributed by atoms with Gasteiger partial charge in [-0.3, -0.25) is 4.79 Å². The van der Waals surface area contributed by atoms with Crippen molar-refractivity contribution in [2.45, 2.75) is 51.7 Å². The van der Waals surface area contributed by atoms with Gasteiger partial charge in [0, 0.05) is 36.7 Å². The van der Waals surface area contributed by atoms with Crippen LogP contribution in [0.5, 0.6) is 0 Å². The second-order valence-corrected chi connectivity index (χ2v) is 9.47. The average Bonchev–Trinajstić information content (AvgIpc) is 3.21. The number of imidazole rings is 1. The molecule has 1 saturated heterocycles. The molecule has 0 unspecified atom stereocenters. The number of hydrogen-bond donors (Lipinski definition) is 1. The van der Waals surface area contributed by atoms with Crippen molar-refractivity contribution in [2.75, 3.05) is 20.2 Å². The Labute approximate surface area is 205 Å². The third kappa shape index (κ3) is 5.42. The van der Waals surface area contributed by atoms with Crippen LogP contribution in [0.2, 0.25) is 5.02 Å². The standard InChI is InChI=1S/C26H31ClN4O3/c1-17(2)30-13-11-21(12-14-30)28-25(32)24-29-22-16-19(26(33)34-3)6-9-23(22)31(24)15-10-18-4-7-20(27)8-5-18/h4-9,16-17,21H,10-15H2,1-3H3,(H,28,32). The molecule has 1 aliphatic heterocycles. The van der Waals surface area contributed by atoms with Crippen molar-refractivity contribution in [1.82, 2.24) is 19.8 Å². The van der Waals surface area contributed by atoms with Crippen LogP contribution in [-0.2, 0) is 17.7 Å². The second kappa shape index (κ2) is 10.6. The van der Waals surface area contributed by atoms with Gasteiger partial charge in [0.2, 0.25) is 0 Å².